The number of hydrogen-bond acceptors (Lipinski definition) is 1. The molecule has 0 radical (unpaired) electrons. The Labute approximate surface area is 103 Å². The maximum Gasteiger partial charge on any atom is 0.0209 e. The third kappa shape index (κ3) is 1.33. The molecule has 0 N–H and O–H groups in total. The lowest BCUT2D eigenvalue weighted by atomic mass is 9.48. The third-order valence-electron chi connectivity index (χ3n) is 7.00. The van der Waals surface area contributed by atoms with Gasteiger partial charge in [0.25, 0.3) is 0 Å². The van der Waals surface area contributed by atoms with Crippen LogP contribution in [0.3, 0.4) is 0 Å². The Morgan fingerprint density at radius 1 is 0.688 bits per heavy atom. The van der Waals surface area contributed by atoms with Gasteiger partial charge in [-0.25, -0.2) is 0 Å². The Bertz CT molecular complexity index is 226. The summed E-state index contributed by atoms with van der Waals surface area (Å²) in [6, 6.07) is 0. The maximum atomic E-state index is 2.58. The normalized spacial score (nSPS) is 32.6. The Hall–Kier alpha value is -0.0400. The van der Waals surface area contributed by atoms with Gasteiger partial charge < -0.3 is 0 Å². The number of hydrogen-bond donors (Lipinski definition) is 0. The summed E-state index contributed by atoms with van der Waals surface area (Å²) < 4.78 is 0. The predicted octanol–water partition coefficient (Wildman–Crippen LogP) is 4.18. The summed E-state index contributed by atoms with van der Waals surface area (Å²) in [6.45, 7) is 21.7. The minimum Gasteiger partial charge on any atom is -0.295 e. The van der Waals surface area contributed by atoms with Crippen molar-refractivity contribution in [1.82, 2.24) is 4.90 Å². The van der Waals surface area contributed by atoms with Crippen molar-refractivity contribution in [1.29, 1.82) is 0 Å². The zero-order valence-corrected chi connectivity index (χ0v) is 13.0. The number of piperidine rings is 1. The van der Waals surface area contributed by atoms with E-state index in [2.05, 4.69) is 74.3 Å². The second-order valence-corrected chi connectivity index (χ2v) is 7.84. The summed E-state index contributed by atoms with van der Waals surface area (Å²) in [5, 5.41) is 0. The average molecular weight is 225 g/mol. The Balaban J connectivity index is 3.39. The lowest BCUT2D eigenvalue weighted by Crippen LogP contribution is -2.73. The van der Waals surface area contributed by atoms with Crippen LogP contribution in [0.15, 0.2) is 0 Å². The van der Waals surface area contributed by atoms with E-state index >= 15 is 0 Å². The Kier molecular flexibility index (Phi) is 2.85. The van der Waals surface area contributed by atoms with E-state index < -0.39 is 0 Å². The van der Waals surface area contributed by atoms with Gasteiger partial charge >= 0.3 is 0 Å². The van der Waals surface area contributed by atoms with Gasteiger partial charge in [-0.2, -0.15) is 0 Å². The van der Waals surface area contributed by atoms with Crippen LogP contribution >= 0.6 is 0 Å². The van der Waals surface area contributed by atoms with Crippen molar-refractivity contribution in [3.63, 3.8) is 0 Å². The largest absolute Gasteiger partial charge is 0.295 e. The van der Waals surface area contributed by atoms with Crippen molar-refractivity contribution < 1.29 is 0 Å². The fraction of sp³-hybridized carbons (Fsp3) is 1.00. The predicted molar refractivity (Wildman–Crippen MR) is 72.6 cm³/mol. The number of rotatable bonds is 0. The topological polar surface area (TPSA) is 3.24 Å². The van der Waals surface area contributed by atoms with Crippen molar-refractivity contribution in [2.45, 2.75) is 73.4 Å². The first-order valence-corrected chi connectivity index (χ1v) is 6.55. The van der Waals surface area contributed by atoms with E-state index in [4.69, 9.17) is 0 Å². The van der Waals surface area contributed by atoms with Crippen LogP contribution in [0.2, 0.25) is 0 Å². The molecule has 1 nitrogen and oxygen atoms in total. The maximum absolute atomic E-state index is 2.58. The van der Waals surface area contributed by atoms with Crippen molar-refractivity contribution in [2.24, 2.45) is 16.7 Å². The first kappa shape index (κ1) is 14.0. The van der Waals surface area contributed by atoms with Gasteiger partial charge in [0.1, 0.15) is 0 Å². The molecule has 1 fully saturated rings. The molecule has 1 heteroatoms. The molecule has 16 heavy (non-hydrogen) atoms. The first-order valence-electron chi connectivity index (χ1n) is 6.55. The minimum absolute atomic E-state index is 0.228. The van der Waals surface area contributed by atoms with Gasteiger partial charge in [-0.3, -0.25) is 4.90 Å². The number of likely N-dealkylation sites (tertiary alicyclic amines) is 1. The Morgan fingerprint density at radius 2 is 0.938 bits per heavy atom. The second kappa shape index (κ2) is 3.25. The molecule has 1 heterocycles. The lowest BCUT2D eigenvalue weighted by molar-refractivity contribution is -0.192. The molecule has 1 aliphatic heterocycles. The second-order valence-electron chi connectivity index (χ2n) is 7.84. The van der Waals surface area contributed by atoms with E-state index in [1.807, 2.05) is 0 Å². The van der Waals surface area contributed by atoms with Crippen LogP contribution in [-0.4, -0.2) is 23.0 Å². The molecule has 0 saturated carbocycles. The molecule has 0 aromatic carbocycles. The van der Waals surface area contributed by atoms with Crippen molar-refractivity contribution in [3.05, 3.63) is 0 Å². The van der Waals surface area contributed by atoms with Crippen molar-refractivity contribution in [2.75, 3.05) is 7.05 Å². The van der Waals surface area contributed by atoms with E-state index in [1.165, 1.54) is 0 Å². The Morgan fingerprint density at radius 3 is 1.19 bits per heavy atom. The molecule has 0 spiro atoms. The van der Waals surface area contributed by atoms with E-state index in [0.29, 0.717) is 16.7 Å². The van der Waals surface area contributed by atoms with Crippen LogP contribution in [0.5, 0.6) is 0 Å². The van der Waals surface area contributed by atoms with Gasteiger partial charge in [0.15, 0.2) is 0 Å². The van der Waals surface area contributed by atoms with Gasteiger partial charge in [0, 0.05) is 11.1 Å². The fourth-order valence-corrected chi connectivity index (χ4v) is 3.53. The molecule has 1 aliphatic rings. The average Bonchev–Trinajstić information content (AvgIpc) is 2.13. The van der Waals surface area contributed by atoms with E-state index in [0.717, 1.165) is 0 Å². The van der Waals surface area contributed by atoms with E-state index in [-0.39, 0.29) is 11.1 Å². The van der Waals surface area contributed by atoms with Crippen LogP contribution < -0.4 is 0 Å². The summed E-state index contributed by atoms with van der Waals surface area (Å²) in [4.78, 5) is 2.58. The molecule has 0 aliphatic carbocycles. The molecule has 0 unspecified atom stereocenters. The van der Waals surface area contributed by atoms with Crippen LogP contribution in [0, 0.1) is 16.7 Å². The molecule has 0 atom stereocenters. The van der Waals surface area contributed by atoms with Crippen molar-refractivity contribution in [3.8, 4) is 0 Å². The zero-order valence-electron chi connectivity index (χ0n) is 13.0. The zero-order chi connectivity index (χ0) is 13.2. The molecular formula is C15H31N. The summed E-state index contributed by atoms with van der Waals surface area (Å²) in [6.07, 6.45) is 0. The van der Waals surface area contributed by atoms with Crippen LogP contribution in [0.4, 0.5) is 0 Å². The highest BCUT2D eigenvalue weighted by atomic mass is 15.3. The quantitative estimate of drug-likeness (QED) is 0.598. The molecule has 0 aromatic heterocycles. The highest BCUT2D eigenvalue weighted by Gasteiger charge is 2.61. The van der Waals surface area contributed by atoms with Gasteiger partial charge in [0.05, 0.1) is 0 Å². The third-order valence-corrected chi connectivity index (χ3v) is 7.00. The molecule has 96 valence electrons. The molecule has 0 bridgehead atoms. The minimum atomic E-state index is 0.228. The van der Waals surface area contributed by atoms with Gasteiger partial charge in [0.2, 0.25) is 0 Å². The lowest BCUT2D eigenvalue weighted by Gasteiger charge is -2.69. The van der Waals surface area contributed by atoms with Gasteiger partial charge in [-0.15, -0.1) is 0 Å². The molecule has 0 amide bonds. The van der Waals surface area contributed by atoms with E-state index in [9.17, 15) is 0 Å². The van der Waals surface area contributed by atoms with Gasteiger partial charge in [-0.1, -0.05) is 34.6 Å². The highest BCUT2D eigenvalue weighted by molar-refractivity contribution is 5.14. The van der Waals surface area contributed by atoms with Crippen LogP contribution in [-0.2, 0) is 0 Å². The summed E-state index contributed by atoms with van der Waals surface area (Å²) >= 11 is 0. The molecular weight excluding hydrogens is 194 g/mol. The molecule has 0 aromatic rings. The SMILES string of the molecule is CC1C(C)(C)C(C)(C)N(C)C(C)(C)C1(C)C. The number of nitrogens with zero attached hydrogens (tertiary/aromatic N) is 1. The summed E-state index contributed by atoms with van der Waals surface area (Å²) in [5.74, 6) is 0.696. The first-order chi connectivity index (χ1) is 6.81. The standard InChI is InChI=1S/C15H31N/c1-11-12(2,3)14(6,7)16(10)15(8,9)13(11,4)5/h11H,1-10H3. The smallest absolute Gasteiger partial charge is 0.0209 e. The molecule has 1 rings (SSSR count). The monoisotopic (exact) mass is 225 g/mol. The summed E-state index contributed by atoms with van der Waals surface area (Å²) in [5.41, 5.74) is 1.10. The van der Waals surface area contributed by atoms with Crippen LogP contribution in [0.1, 0.15) is 62.3 Å². The fourth-order valence-electron chi connectivity index (χ4n) is 3.53. The molecule has 1 saturated heterocycles. The van der Waals surface area contributed by atoms with Crippen molar-refractivity contribution >= 4 is 0 Å². The summed E-state index contributed by atoms with van der Waals surface area (Å²) in [7, 11) is 2.29. The highest BCUT2D eigenvalue weighted by Crippen LogP contribution is 2.59. The van der Waals surface area contributed by atoms with E-state index in [1.54, 1.807) is 0 Å². The van der Waals surface area contributed by atoms with Gasteiger partial charge in [-0.05, 0) is 51.5 Å². The van der Waals surface area contributed by atoms with Crippen LogP contribution in [0.25, 0.3) is 0 Å².